The molecular weight excluding hydrogens is 314 g/mol. The van der Waals surface area contributed by atoms with E-state index in [0.717, 1.165) is 12.8 Å². The highest BCUT2D eigenvalue weighted by Crippen LogP contribution is 2.28. The Balaban J connectivity index is 2.46. The van der Waals surface area contributed by atoms with E-state index in [2.05, 4.69) is 11.9 Å². The summed E-state index contributed by atoms with van der Waals surface area (Å²) in [5.41, 5.74) is 0.640. The summed E-state index contributed by atoms with van der Waals surface area (Å²) in [5.74, 6) is -0.444. The summed E-state index contributed by atoms with van der Waals surface area (Å²) < 4.78 is 10.9. The van der Waals surface area contributed by atoms with Gasteiger partial charge in [0.1, 0.15) is 0 Å². The van der Waals surface area contributed by atoms with Gasteiger partial charge in [-0.2, -0.15) is 0 Å². The minimum absolute atomic E-state index is 0.00499. The van der Waals surface area contributed by atoms with E-state index in [-0.39, 0.29) is 12.3 Å². The Morgan fingerprint density at radius 3 is 2.71 bits per heavy atom. The standard InChI is InChI=1S/C17H23NO6/c1-3-16(20)18-8-4-5-9-24-14-7-6-12(11-15(14)23-2)10-13(19)17(21)22/h3,6-7,11,13,19H,1,4-5,8-10H2,2H3,(H,18,20)(H,21,22). The smallest absolute Gasteiger partial charge is 0.332 e. The number of benzene rings is 1. The van der Waals surface area contributed by atoms with Gasteiger partial charge in [0.2, 0.25) is 5.91 Å². The van der Waals surface area contributed by atoms with Gasteiger partial charge in [-0.1, -0.05) is 12.6 Å². The van der Waals surface area contributed by atoms with E-state index in [1.807, 2.05) is 0 Å². The molecule has 0 radical (unpaired) electrons. The van der Waals surface area contributed by atoms with Crippen LogP contribution in [0, 0.1) is 0 Å². The van der Waals surface area contributed by atoms with E-state index in [0.29, 0.717) is 30.2 Å². The largest absolute Gasteiger partial charge is 0.493 e. The number of aliphatic hydroxyl groups excluding tert-OH is 1. The van der Waals surface area contributed by atoms with Crippen LogP contribution in [0.5, 0.6) is 11.5 Å². The van der Waals surface area contributed by atoms with Crippen molar-refractivity contribution in [2.45, 2.75) is 25.4 Å². The summed E-state index contributed by atoms with van der Waals surface area (Å²) >= 11 is 0. The fraction of sp³-hybridized carbons (Fsp3) is 0.412. The molecular formula is C17H23NO6. The molecule has 132 valence electrons. The number of hydrogen-bond donors (Lipinski definition) is 3. The Bertz CT molecular complexity index is 572. The van der Waals surface area contributed by atoms with E-state index in [1.54, 1.807) is 18.2 Å². The highest BCUT2D eigenvalue weighted by molar-refractivity contribution is 5.86. The summed E-state index contributed by atoms with van der Waals surface area (Å²) in [6, 6.07) is 5.02. The average Bonchev–Trinajstić information content (AvgIpc) is 2.58. The van der Waals surface area contributed by atoms with E-state index < -0.39 is 12.1 Å². The number of hydrogen-bond acceptors (Lipinski definition) is 5. The van der Waals surface area contributed by atoms with Crippen LogP contribution in [0.25, 0.3) is 0 Å². The number of carboxylic acids is 1. The van der Waals surface area contributed by atoms with Crippen molar-refractivity contribution in [1.82, 2.24) is 5.32 Å². The van der Waals surface area contributed by atoms with Gasteiger partial charge in [-0.3, -0.25) is 4.79 Å². The molecule has 1 atom stereocenters. The van der Waals surface area contributed by atoms with Gasteiger partial charge in [0.25, 0.3) is 0 Å². The van der Waals surface area contributed by atoms with Crippen LogP contribution >= 0.6 is 0 Å². The topological polar surface area (TPSA) is 105 Å². The van der Waals surface area contributed by atoms with Gasteiger partial charge in [-0.25, -0.2) is 4.79 Å². The number of unbranched alkanes of at least 4 members (excludes halogenated alkanes) is 1. The van der Waals surface area contributed by atoms with Crippen LogP contribution in [-0.4, -0.2) is 48.5 Å². The second-order valence-electron chi connectivity index (χ2n) is 5.09. The minimum atomic E-state index is -1.45. The van der Waals surface area contributed by atoms with Crippen molar-refractivity contribution in [2.75, 3.05) is 20.3 Å². The lowest BCUT2D eigenvalue weighted by molar-refractivity contribution is -0.146. The van der Waals surface area contributed by atoms with Crippen molar-refractivity contribution in [3.05, 3.63) is 36.4 Å². The SMILES string of the molecule is C=CC(=O)NCCCCOc1ccc(CC(O)C(=O)O)cc1OC. The Hall–Kier alpha value is -2.54. The monoisotopic (exact) mass is 337 g/mol. The molecule has 24 heavy (non-hydrogen) atoms. The normalized spacial score (nSPS) is 11.4. The molecule has 0 aliphatic rings. The number of carbonyl (C=O) groups is 2. The molecule has 0 aliphatic carbocycles. The molecule has 1 unspecified atom stereocenters. The van der Waals surface area contributed by atoms with Crippen LogP contribution in [0.2, 0.25) is 0 Å². The number of rotatable bonds is 11. The number of carbonyl (C=O) groups excluding carboxylic acids is 1. The van der Waals surface area contributed by atoms with Gasteiger partial charge in [0.05, 0.1) is 13.7 Å². The Morgan fingerprint density at radius 2 is 2.08 bits per heavy atom. The molecule has 0 saturated heterocycles. The van der Waals surface area contributed by atoms with Gasteiger partial charge in [0.15, 0.2) is 17.6 Å². The molecule has 0 fully saturated rings. The van der Waals surface area contributed by atoms with Crippen molar-refractivity contribution in [3.63, 3.8) is 0 Å². The first kappa shape index (κ1) is 19.5. The van der Waals surface area contributed by atoms with E-state index in [1.165, 1.54) is 13.2 Å². The van der Waals surface area contributed by atoms with E-state index in [4.69, 9.17) is 14.6 Å². The van der Waals surface area contributed by atoms with E-state index in [9.17, 15) is 14.7 Å². The molecule has 1 rings (SSSR count). The van der Waals surface area contributed by atoms with Gasteiger partial charge in [0, 0.05) is 13.0 Å². The van der Waals surface area contributed by atoms with Crippen molar-refractivity contribution in [1.29, 1.82) is 0 Å². The number of aliphatic carboxylic acids is 1. The highest BCUT2D eigenvalue weighted by Gasteiger charge is 2.15. The zero-order valence-corrected chi connectivity index (χ0v) is 13.7. The number of ether oxygens (including phenoxy) is 2. The minimum Gasteiger partial charge on any atom is -0.493 e. The molecule has 0 heterocycles. The third-order valence-electron chi connectivity index (χ3n) is 3.26. The molecule has 0 spiro atoms. The van der Waals surface area contributed by atoms with Crippen molar-refractivity contribution >= 4 is 11.9 Å². The fourth-order valence-corrected chi connectivity index (χ4v) is 1.96. The Morgan fingerprint density at radius 1 is 1.33 bits per heavy atom. The maximum absolute atomic E-state index is 11.0. The summed E-state index contributed by atoms with van der Waals surface area (Å²) in [4.78, 5) is 21.6. The quantitative estimate of drug-likeness (QED) is 0.413. The lowest BCUT2D eigenvalue weighted by atomic mass is 10.1. The molecule has 3 N–H and O–H groups in total. The zero-order valence-electron chi connectivity index (χ0n) is 13.7. The van der Waals surface area contributed by atoms with Crippen LogP contribution in [0.1, 0.15) is 18.4 Å². The predicted molar refractivity (Wildman–Crippen MR) is 88.3 cm³/mol. The van der Waals surface area contributed by atoms with E-state index >= 15 is 0 Å². The molecule has 0 aliphatic heterocycles. The molecule has 0 bridgehead atoms. The first-order valence-corrected chi connectivity index (χ1v) is 7.58. The number of nitrogens with one attached hydrogen (secondary N) is 1. The number of methoxy groups -OCH3 is 1. The maximum atomic E-state index is 11.0. The molecule has 0 aromatic heterocycles. The van der Waals surface area contributed by atoms with Gasteiger partial charge in [-0.15, -0.1) is 0 Å². The van der Waals surface area contributed by atoms with Gasteiger partial charge >= 0.3 is 5.97 Å². The van der Waals surface area contributed by atoms with Crippen LogP contribution in [-0.2, 0) is 16.0 Å². The molecule has 1 amide bonds. The highest BCUT2D eigenvalue weighted by atomic mass is 16.5. The summed E-state index contributed by atoms with van der Waals surface area (Å²) in [7, 11) is 1.49. The number of aliphatic hydroxyl groups is 1. The van der Waals surface area contributed by atoms with Gasteiger partial charge < -0.3 is 25.0 Å². The first-order chi connectivity index (χ1) is 11.5. The fourth-order valence-electron chi connectivity index (χ4n) is 1.96. The van der Waals surface area contributed by atoms with Gasteiger partial charge in [-0.05, 0) is 36.6 Å². The molecule has 1 aromatic rings. The maximum Gasteiger partial charge on any atom is 0.332 e. The van der Waals surface area contributed by atoms with Crippen LogP contribution < -0.4 is 14.8 Å². The molecule has 7 nitrogen and oxygen atoms in total. The van der Waals surface area contributed by atoms with Crippen LogP contribution in [0.4, 0.5) is 0 Å². The summed E-state index contributed by atoms with van der Waals surface area (Å²) in [5, 5.41) is 20.8. The van der Waals surface area contributed by atoms with Crippen molar-refractivity contribution in [3.8, 4) is 11.5 Å². The summed E-state index contributed by atoms with van der Waals surface area (Å²) in [6.45, 7) is 4.38. The number of carboxylic acid groups (broad SMARTS) is 1. The Kier molecular flexibility index (Phi) is 8.35. The Labute approximate surface area is 140 Å². The third kappa shape index (κ3) is 6.70. The predicted octanol–water partition coefficient (Wildman–Crippen LogP) is 1.14. The molecule has 0 saturated carbocycles. The second-order valence-corrected chi connectivity index (χ2v) is 5.09. The zero-order chi connectivity index (χ0) is 17.9. The lowest BCUT2D eigenvalue weighted by Crippen LogP contribution is -2.22. The van der Waals surface area contributed by atoms with Crippen molar-refractivity contribution in [2.24, 2.45) is 0 Å². The average molecular weight is 337 g/mol. The number of amides is 1. The summed E-state index contributed by atoms with van der Waals surface area (Å²) in [6.07, 6.45) is 1.29. The molecule has 1 aromatic carbocycles. The molecule has 7 heteroatoms. The van der Waals surface area contributed by atoms with Crippen molar-refractivity contribution < 1.29 is 29.3 Å². The van der Waals surface area contributed by atoms with Crippen LogP contribution in [0.3, 0.4) is 0 Å². The first-order valence-electron chi connectivity index (χ1n) is 7.58. The second kappa shape index (κ2) is 10.3. The third-order valence-corrected chi connectivity index (χ3v) is 3.26. The lowest BCUT2D eigenvalue weighted by Gasteiger charge is -2.13. The van der Waals surface area contributed by atoms with Crippen LogP contribution in [0.15, 0.2) is 30.9 Å².